The van der Waals surface area contributed by atoms with E-state index in [-0.39, 0.29) is 17.5 Å². The van der Waals surface area contributed by atoms with E-state index >= 15 is 0 Å². The molecule has 0 radical (unpaired) electrons. The summed E-state index contributed by atoms with van der Waals surface area (Å²) < 4.78 is 44.4. The molecule has 0 unspecified atom stereocenters. The molecule has 1 N–H and O–H groups in total. The molecule has 1 atom stereocenters. The number of ether oxygens (including phenoxy) is 1. The van der Waals surface area contributed by atoms with Gasteiger partial charge in [0.15, 0.2) is 0 Å². The number of sulfonamides is 1. The summed E-state index contributed by atoms with van der Waals surface area (Å²) in [7, 11) is -2.56. The first-order valence-corrected chi connectivity index (χ1v) is 9.55. The van der Waals surface area contributed by atoms with Crippen LogP contribution in [0, 0.1) is 5.82 Å². The van der Waals surface area contributed by atoms with Gasteiger partial charge in [0, 0.05) is 19.0 Å². The summed E-state index contributed by atoms with van der Waals surface area (Å²) in [4.78, 5) is 12.3. The number of para-hydroxylation sites is 1. The minimum absolute atomic E-state index is 0.0642. The van der Waals surface area contributed by atoms with Crippen molar-refractivity contribution in [2.75, 3.05) is 20.2 Å². The standard InChI is InChI=1S/C18H19FN2O4S/c1-21(26(23,24)14-8-6-13(19)7-9-14)12-18(22)20-16-10-11-25-17-5-3-2-4-15(16)17/h2-9,16H,10-12H2,1H3,(H,20,22)/t16-/m1/s1. The molecule has 1 amide bonds. The number of fused-ring (bicyclic) bond motifs is 1. The third kappa shape index (κ3) is 3.86. The van der Waals surface area contributed by atoms with Crippen molar-refractivity contribution in [3.8, 4) is 5.75 Å². The van der Waals surface area contributed by atoms with Crippen LogP contribution < -0.4 is 10.1 Å². The average Bonchev–Trinajstić information content (AvgIpc) is 2.62. The van der Waals surface area contributed by atoms with E-state index in [4.69, 9.17) is 4.74 Å². The fourth-order valence-corrected chi connectivity index (χ4v) is 3.93. The highest BCUT2D eigenvalue weighted by Gasteiger charge is 2.26. The lowest BCUT2D eigenvalue weighted by atomic mass is 10.0. The van der Waals surface area contributed by atoms with Crippen LogP contribution in [0.2, 0.25) is 0 Å². The molecular weight excluding hydrogens is 359 g/mol. The monoisotopic (exact) mass is 378 g/mol. The second-order valence-electron chi connectivity index (χ2n) is 6.01. The van der Waals surface area contributed by atoms with Crippen LogP contribution in [0.1, 0.15) is 18.0 Å². The first kappa shape index (κ1) is 18.3. The first-order chi connectivity index (χ1) is 12.4. The van der Waals surface area contributed by atoms with Gasteiger partial charge < -0.3 is 10.1 Å². The van der Waals surface area contributed by atoms with Gasteiger partial charge in [0.25, 0.3) is 0 Å². The van der Waals surface area contributed by atoms with E-state index in [1.165, 1.54) is 19.2 Å². The lowest BCUT2D eigenvalue weighted by Gasteiger charge is -2.27. The summed E-state index contributed by atoms with van der Waals surface area (Å²) in [6, 6.07) is 11.7. The molecule has 0 fully saturated rings. The first-order valence-electron chi connectivity index (χ1n) is 8.11. The van der Waals surface area contributed by atoms with Gasteiger partial charge >= 0.3 is 0 Å². The number of carbonyl (C=O) groups excluding carboxylic acids is 1. The van der Waals surface area contributed by atoms with Gasteiger partial charge in [0.1, 0.15) is 11.6 Å². The minimum atomic E-state index is -3.87. The Balaban J connectivity index is 1.67. The smallest absolute Gasteiger partial charge is 0.243 e. The van der Waals surface area contributed by atoms with Crippen LogP contribution in [0.15, 0.2) is 53.4 Å². The van der Waals surface area contributed by atoms with E-state index in [9.17, 15) is 17.6 Å². The average molecular weight is 378 g/mol. The highest BCUT2D eigenvalue weighted by Crippen LogP contribution is 2.31. The van der Waals surface area contributed by atoms with Gasteiger partial charge in [-0.15, -0.1) is 0 Å². The Morgan fingerprint density at radius 3 is 2.65 bits per heavy atom. The van der Waals surface area contributed by atoms with Crippen LogP contribution in [0.4, 0.5) is 4.39 Å². The zero-order chi connectivity index (χ0) is 18.7. The van der Waals surface area contributed by atoms with Crippen molar-refractivity contribution >= 4 is 15.9 Å². The predicted octanol–water partition coefficient (Wildman–Crippen LogP) is 2.09. The predicted molar refractivity (Wildman–Crippen MR) is 93.7 cm³/mol. The van der Waals surface area contributed by atoms with Crippen LogP contribution in [0.5, 0.6) is 5.75 Å². The fourth-order valence-electron chi connectivity index (χ4n) is 2.81. The van der Waals surface area contributed by atoms with Crippen LogP contribution in [-0.4, -0.2) is 38.8 Å². The normalized spacial score (nSPS) is 16.7. The maximum absolute atomic E-state index is 13.0. The highest BCUT2D eigenvalue weighted by molar-refractivity contribution is 7.89. The maximum Gasteiger partial charge on any atom is 0.243 e. The molecule has 1 aliphatic rings. The Kier molecular flexibility index (Phi) is 5.24. The second-order valence-corrected chi connectivity index (χ2v) is 8.05. The van der Waals surface area contributed by atoms with Crippen molar-refractivity contribution in [3.05, 3.63) is 59.9 Å². The third-order valence-electron chi connectivity index (χ3n) is 4.18. The summed E-state index contributed by atoms with van der Waals surface area (Å²) in [5.74, 6) is -0.223. The van der Waals surface area contributed by atoms with E-state index in [0.29, 0.717) is 13.0 Å². The zero-order valence-corrected chi connectivity index (χ0v) is 15.0. The Bertz CT molecular complexity index is 900. The summed E-state index contributed by atoms with van der Waals surface area (Å²) >= 11 is 0. The van der Waals surface area contributed by atoms with E-state index in [1.807, 2.05) is 24.3 Å². The summed E-state index contributed by atoms with van der Waals surface area (Å²) in [5, 5.41) is 2.85. The molecule has 2 aromatic rings. The number of likely N-dealkylation sites (N-methyl/N-ethyl adjacent to an activating group) is 1. The molecule has 6 nitrogen and oxygen atoms in total. The highest BCUT2D eigenvalue weighted by atomic mass is 32.2. The molecule has 0 aromatic heterocycles. The summed E-state index contributed by atoms with van der Waals surface area (Å²) in [5.41, 5.74) is 0.871. The van der Waals surface area contributed by atoms with Gasteiger partial charge in [0.05, 0.1) is 24.1 Å². The van der Waals surface area contributed by atoms with Crippen molar-refractivity contribution in [3.63, 3.8) is 0 Å². The number of hydrogen-bond donors (Lipinski definition) is 1. The molecule has 0 spiro atoms. The number of carbonyl (C=O) groups is 1. The van der Waals surface area contributed by atoms with Crippen molar-refractivity contribution in [2.45, 2.75) is 17.4 Å². The second kappa shape index (κ2) is 7.43. The molecule has 138 valence electrons. The zero-order valence-electron chi connectivity index (χ0n) is 14.2. The molecule has 3 rings (SSSR count). The number of benzene rings is 2. The molecule has 26 heavy (non-hydrogen) atoms. The van der Waals surface area contributed by atoms with Crippen LogP contribution in [0.25, 0.3) is 0 Å². The number of halogens is 1. The van der Waals surface area contributed by atoms with Gasteiger partial charge in [-0.2, -0.15) is 4.31 Å². The number of amides is 1. The van der Waals surface area contributed by atoms with E-state index in [2.05, 4.69) is 5.32 Å². The lowest BCUT2D eigenvalue weighted by Crippen LogP contribution is -2.40. The van der Waals surface area contributed by atoms with Gasteiger partial charge in [-0.25, -0.2) is 12.8 Å². The van der Waals surface area contributed by atoms with Crippen LogP contribution in [0.3, 0.4) is 0 Å². The maximum atomic E-state index is 13.0. The Morgan fingerprint density at radius 2 is 1.92 bits per heavy atom. The van der Waals surface area contributed by atoms with Crippen molar-refractivity contribution in [1.82, 2.24) is 9.62 Å². The molecular formula is C18H19FN2O4S. The molecule has 8 heteroatoms. The fraction of sp³-hybridized carbons (Fsp3) is 0.278. The number of nitrogens with one attached hydrogen (secondary N) is 1. The molecule has 0 bridgehead atoms. The number of nitrogens with zero attached hydrogens (tertiary/aromatic N) is 1. The minimum Gasteiger partial charge on any atom is -0.493 e. The lowest BCUT2D eigenvalue weighted by molar-refractivity contribution is -0.122. The van der Waals surface area contributed by atoms with E-state index < -0.39 is 21.7 Å². The summed E-state index contributed by atoms with van der Waals surface area (Å²) in [6.07, 6.45) is 0.608. The van der Waals surface area contributed by atoms with Crippen LogP contribution in [-0.2, 0) is 14.8 Å². The largest absolute Gasteiger partial charge is 0.493 e. The molecule has 0 saturated heterocycles. The number of rotatable bonds is 5. The Labute approximate surface area is 151 Å². The van der Waals surface area contributed by atoms with Crippen molar-refractivity contribution in [1.29, 1.82) is 0 Å². The van der Waals surface area contributed by atoms with E-state index in [0.717, 1.165) is 27.8 Å². The Morgan fingerprint density at radius 1 is 1.23 bits per heavy atom. The molecule has 0 aliphatic carbocycles. The quantitative estimate of drug-likeness (QED) is 0.864. The summed E-state index contributed by atoms with van der Waals surface area (Å²) in [6.45, 7) is 0.144. The molecule has 0 saturated carbocycles. The van der Waals surface area contributed by atoms with E-state index in [1.54, 1.807) is 0 Å². The van der Waals surface area contributed by atoms with Gasteiger partial charge in [-0.3, -0.25) is 4.79 Å². The molecule has 2 aromatic carbocycles. The van der Waals surface area contributed by atoms with Gasteiger partial charge in [-0.05, 0) is 30.3 Å². The topological polar surface area (TPSA) is 75.7 Å². The SMILES string of the molecule is CN(CC(=O)N[C@@H]1CCOc2ccccc21)S(=O)(=O)c1ccc(F)cc1. The number of hydrogen-bond acceptors (Lipinski definition) is 4. The van der Waals surface area contributed by atoms with Gasteiger partial charge in [-0.1, -0.05) is 18.2 Å². The van der Waals surface area contributed by atoms with Crippen LogP contribution >= 0.6 is 0 Å². The van der Waals surface area contributed by atoms with Crippen molar-refractivity contribution in [2.24, 2.45) is 0 Å². The molecule has 1 heterocycles. The third-order valence-corrected chi connectivity index (χ3v) is 6.00. The Hall–Kier alpha value is -2.45. The van der Waals surface area contributed by atoms with Gasteiger partial charge in [0.2, 0.25) is 15.9 Å². The molecule has 1 aliphatic heterocycles. The van der Waals surface area contributed by atoms with Crippen molar-refractivity contribution < 1.29 is 22.3 Å².